The average molecular weight is 305 g/mol. The highest BCUT2D eigenvalue weighted by atomic mass is 16.2. The van der Waals surface area contributed by atoms with E-state index in [1.165, 1.54) is 0 Å². The van der Waals surface area contributed by atoms with Crippen molar-refractivity contribution in [1.82, 2.24) is 15.1 Å². The highest BCUT2D eigenvalue weighted by Crippen LogP contribution is 2.19. The molecular weight excluding hydrogens is 278 g/mol. The molecule has 5 heteroatoms. The summed E-state index contributed by atoms with van der Waals surface area (Å²) < 4.78 is 0. The van der Waals surface area contributed by atoms with Gasteiger partial charge in [0.25, 0.3) is 0 Å². The smallest absolute Gasteiger partial charge is 0.246 e. The van der Waals surface area contributed by atoms with Gasteiger partial charge in [0, 0.05) is 38.3 Å². The molecule has 0 aromatic carbocycles. The largest absolute Gasteiger partial charge is 0.340 e. The second kappa shape index (κ2) is 9.20. The number of allylic oxidation sites excluding steroid dienone is 2. The number of carbonyl (C=O) groups is 2. The molecule has 0 radical (unpaired) electrons. The van der Waals surface area contributed by atoms with Crippen LogP contribution < -0.4 is 5.32 Å². The molecule has 122 valence electrons. The molecule has 1 rings (SSSR count). The molecule has 0 spiro atoms. The number of nitrogens with one attached hydrogen (secondary N) is 1. The van der Waals surface area contributed by atoms with Crippen molar-refractivity contribution in [2.45, 2.75) is 26.7 Å². The molecule has 1 fully saturated rings. The first kappa shape index (κ1) is 18.2. The van der Waals surface area contributed by atoms with Crippen LogP contribution in [0.25, 0.3) is 0 Å². The number of amides is 1. The van der Waals surface area contributed by atoms with Gasteiger partial charge in [-0.3, -0.25) is 9.59 Å². The Morgan fingerprint density at radius 3 is 2.64 bits per heavy atom. The maximum absolute atomic E-state index is 12.1. The van der Waals surface area contributed by atoms with E-state index < -0.39 is 0 Å². The van der Waals surface area contributed by atoms with Crippen LogP contribution in [0.4, 0.5) is 0 Å². The van der Waals surface area contributed by atoms with E-state index in [-0.39, 0.29) is 11.7 Å². The van der Waals surface area contributed by atoms with Gasteiger partial charge in [0.2, 0.25) is 5.91 Å². The lowest BCUT2D eigenvalue weighted by atomic mass is 10.1. The summed E-state index contributed by atoms with van der Waals surface area (Å²) in [6, 6.07) is 0. The number of hydrogen-bond acceptors (Lipinski definition) is 4. The van der Waals surface area contributed by atoms with Crippen LogP contribution >= 0.6 is 0 Å². The molecule has 0 atom stereocenters. The van der Waals surface area contributed by atoms with E-state index >= 15 is 0 Å². The minimum Gasteiger partial charge on any atom is -0.340 e. The third kappa shape index (κ3) is 5.15. The predicted octanol–water partition coefficient (Wildman–Crippen LogP) is 1.69. The van der Waals surface area contributed by atoms with Gasteiger partial charge in [0.05, 0.1) is 12.2 Å². The number of carbonyl (C=O) groups excluding carboxylic acids is 2. The summed E-state index contributed by atoms with van der Waals surface area (Å²) in [6.45, 7) is 10.0. The number of rotatable bonds is 7. The molecule has 0 aliphatic carbocycles. The molecule has 1 aliphatic heterocycles. The van der Waals surface area contributed by atoms with Gasteiger partial charge in [0.1, 0.15) is 0 Å². The Labute approximate surface area is 133 Å². The van der Waals surface area contributed by atoms with Gasteiger partial charge in [-0.2, -0.15) is 0 Å². The van der Waals surface area contributed by atoms with Crippen molar-refractivity contribution in [2.24, 2.45) is 0 Å². The van der Waals surface area contributed by atoms with Crippen LogP contribution in [-0.2, 0) is 9.59 Å². The molecule has 1 heterocycles. The summed E-state index contributed by atoms with van der Waals surface area (Å²) in [7, 11) is 1.83. The van der Waals surface area contributed by atoms with Crippen LogP contribution in [0.15, 0.2) is 36.2 Å². The number of piperazine rings is 1. The predicted molar refractivity (Wildman–Crippen MR) is 89.2 cm³/mol. The summed E-state index contributed by atoms with van der Waals surface area (Å²) >= 11 is 0. The minimum absolute atomic E-state index is 0.0158. The summed E-state index contributed by atoms with van der Waals surface area (Å²) in [4.78, 5) is 27.6. The molecule has 0 aromatic rings. The Balaban J connectivity index is 2.71. The Morgan fingerprint density at radius 1 is 1.36 bits per heavy atom. The second-order valence-electron chi connectivity index (χ2n) is 5.37. The van der Waals surface area contributed by atoms with E-state index in [2.05, 4.69) is 18.8 Å². The Hall–Kier alpha value is -1.88. The van der Waals surface area contributed by atoms with E-state index in [4.69, 9.17) is 0 Å². The quantitative estimate of drug-likeness (QED) is 0.727. The maximum Gasteiger partial charge on any atom is 0.246 e. The van der Waals surface area contributed by atoms with Crippen LogP contribution in [0.2, 0.25) is 0 Å². The van der Waals surface area contributed by atoms with Crippen LogP contribution in [0.1, 0.15) is 26.7 Å². The molecule has 1 N–H and O–H groups in total. The molecule has 22 heavy (non-hydrogen) atoms. The number of nitrogens with zero attached hydrogens (tertiary/aromatic N) is 2. The topological polar surface area (TPSA) is 52.7 Å². The number of ketones is 1. The minimum atomic E-state index is -0.0158. The van der Waals surface area contributed by atoms with Gasteiger partial charge >= 0.3 is 0 Å². The molecule has 0 aromatic heterocycles. The summed E-state index contributed by atoms with van der Waals surface area (Å²) in [5.74, 6) is 0.0289. The lowest BCUT2D eigenvalue weighted by Crippen LogP contribution is -2.46. The molecule has 1 saturated heterocycles. The zero-order chi connectivity index (χ0) is 16.5. The Kier molecular flexibility index (Phi) is 7.60. The number of Topliss-reactive ketones (excluding diaryl/α,β-unsaturated/α-hetero) is 1. The fraction of sp³-hybridized carbons (Fsp3) is 0.529. The van der Waals surface area contributed by atoms with Crippen molar-refractivity contribution < 1.29 is 9.59 Å². The van der Waals surface area contributed by atoms with E-state index in [0.717, 1.165) is 18.5 Å². The van der Waals surface area contributed by atoms with Crippen molar-refractivity contribution in [3.05, 3.63) is 36.2 Å². The summed E-state index contributed by atoms with van der Waals surface area (Å²) in [5, 5.41) is 2.96. The van der Waals surface area contributed by atoms with Gasteiger partial charge in [-0.15, -0.1) is 0 Å². The monoisotopic (exact) mass is 305 g/mol. The fourth-order valence-corrected chi connectivity index (χ4v) is 2.35. The molecule has 5 nitrogen and oxygen atoms in total. The van der Waals surface area contributed by atoms with Crippen molar-refractivity contribution in [3.63, 3.8) is 0 Å². The van der Waals surface area contributed by atoms with Gasteiger partial charge in [-0.25, -0.2) is 0 Å². The lowest BCUT2D eigenvalue weighted by molar-refractivity contribution is -0.126. The number of likely N-dealkylation sites (N-methyl/N-ethyl adjacent to an activating group) is 1. The van der Waals surface area contributed by atoms with Crippen LogP contribution in [0, 0.1) is 0 Å². The molecule has 0 saturated carbocycles. The Morgan fingerprint density at radius 2 is 2.09 bits per heavy atom. The molecule has 1 amide bonds. The fourth-order valence-electron chi connectivity index (χ4n) is 2.35. The molecule has 0 unspecified atom stereocenters. The number of hydrogen-bond donors (Lipinski definition) is 1. The summed E-state index contributed by atoms with van der Waals surface area (Å²) in [5.41, 5.74) is 1.49. The third-order valence-electron chi connectivity index (χ3n) is 3.52. The molecule has 0 bridgehead atoms. The van der Waals surface area contributed by atoms with E-state index in [9.17, 15) is 9.59 Å². The zero-order valence-electron chi connectivity index (χ0n) is 13.9. The van der Waals surface area contributed by atoms with Crippen molar-refractivity contribution in [1.29, 1.82) is 0 Å². The second-order valence-corrected chi connectivity index (χ2v) is 5.37. The highest BCUT2D eigenvalue weighted by Gasteiger charge is 2.25. The first-order chi connectivity index (χ1) is 10.5. The lowest BCUT2D eigenvalue weighted by Gasteiger charge is -2.38. The van der Waals surface area contributed by atoms with Gasteiger partial charge in [-0.05, 0) is 13.5 Å². The Bertz CT molecular complexity index is 480. The van der Waals surface area contributed by atoms with Crippen molar-refractivity contribution in [3.8, 4) is 0 Å². The van der Waals surface area contributed by atoms with Crippen LogP contribution in [0.5, 0.6) is 0 Å². The van der Waals surface area contributed by atoms with Crippen molar-refractivity contribution in [2.75, 3.05) is 33.2 Å². The molecular formula is C17H27N3O2. The van der Waals surface area contributed by atoms with Crippen molar-refractivity contribution >= 4 is 11.7 Å². The average Bonchev–Trinajstić information content (AvgIpc) is 2.48. The van der Waals surface area contributed by atoms with Crippen LogP contribution in [-0.4, -0.2) is 54.7 Å². The van der Waals surface area contributed by atoms with Gasteiger partial charge in [0.15, 0.2) is 5.78 Å². The standard InChI is InChI=1S/C17H27N3O2/c1-5-6-8-16(15(3)21)20-12-11-19(13-14(20)2)17(22)9-7-10-18-4/h7-9,18H,2,5-6,10-13H2,1,3-4H3/b9-7+,16-8-. The highest BCUT2D eigenvalue weighted by molar-refractivity contribution is 5.93. The first-order valence-electron chi connectivity index (χ1n) is 7.77. The van der Waals surface area contributed by atoms with Crippen LogP contribution in [0.3, 0.4) is 0 Å². The zero-order valence-corrected chi connectivity index (χ0v) is 13.9. The van der Waals surface area contributed by atoms with E-state index in [1.807, 2.05) is 18.0 Å². The summed E-state index contributed by atoms with van der Waals surface area (Å²) in [6.07, 6.45) is 7.22. The van der Waals surface area contributed by atoms with Gasteiger partial charge < -0.3 is 15.1 Å². The normalized spacial score (nSPS) is 16.5. The SMILES string of the molecule is C=C1CN(C(=O)/C=C/CNC)CCN1/C(=C\CCC)C(C)=O. The molecule has 1 aliphatic rings. The first-order valence-corrected chi connectivity index (χ1v) is 7.77. The van der Waals surface area contributed by atoms with Gasteiger partial charge in [-0.1, -0.05) is 32.1 Å². The number of unbranched alkanes of at least 4 members (excludes halogenated alkanes) is 1. The van der Waals surface area contributed by atoms with E-state index in [1.54, 1.807) is 24.0 Å². The third-order valence-corrected chi connectivity index (χ3v) is 3.52. The maximum atomic E-state index is 12.1. The van der Waals surface area contributed by atoms with E-state index in [0.29, 0.717) is 31.9 Å².